The molecule has 1 aromatic heterocycles. The van der Waals surface area contributed by atoms with E-state index in [2.05, 4.69) is 33.0 Å². The van der Waals surface area contributed by atoms with E-state index in [-0.39, 0.29) is 44.6 Å². The highest BCUT2D eigenvalue weighted by molar-refractivity contribution is 7.99. The Hall–Kier alpha value is -6.72. The SMILES string of the molecule is COC(=O)[C@H](CSc1nnnn1C[C@H]1O[C@H](COCc2ccccc2)[C@H](OCc2ccccc2)[C@H](OCc2ccccc2)[C@H]1OCc1ccccc1)NC(=O)OCC1c2ccccc2-c2ccccc21. The number of carbonyl (C=O) groups is 2. The number of nitrogens with zero attached hydrogens (tertiary/aromatic N) is 4. The van der Waals surface area contributed by atoms with Gasteiger partial charge in [0.2, 0.25) is 5.16 Å². The van der Waals surface area contributed by atoms with Gasteiger partial charge >= 0.3 is 12.1 Å². The first-order valence-electron chi connectivity index (χ1n) is 23.3. The van der Waals surface area contributed by atoms with E-state index in [1.165, 1.54) is 18.9 Å². The van der Waals surface area contributed by atoms with Crippen LogP contribution in [0.5, 0.6) is 0 Å². The summed E-state index contributed by atoms with van der Waals surface area (Å²) in [4.78, 5) is 26.6. The summed E-state index contributed by atoms with van der Waals surface area (Å²) in [5, 5.41) is 15.8. The summed E-state index contributed by atoms with van der Waals surface area (Å²) >= 11 is 1.18. The van der Waals surface area contributed by atoms with Crippen LogP contribution in [0.25, 0.3) is 11.1 Å². The summed E-state index contributed by atoms with van der Waals surface area (Å²) in [5.41, 5.74) is 8.34. The van der Waals surface area contributed by atoms with E-state index in [4.69, 9.17) is 33.2 Å². The van der Waals surface area contributed by atoms with Gasteiger partial charge in [0.25, 0.3) is 0 Å². The minimum atomic E-state index is -1.09. The van der Waals surface area contributed by atoms with Crippen molar-refractivity contribution in [2.75, 3.05) is 26.1 Å². The fraction of sp³-hybridized carbons (Fsp3) is 0.291. The van der Waals surface area contributed by atoms with Crippen LogP contribution in [0.2, 0.25) is 0 Å². The zero-order valence-corrected chi connectivity index (χ0v) is 39.6. The summed E-state index contributed by atoms with van der Waals surface area (Å²) in [5.74, 6) is -0.770. The average molecular weight is 962 g/mol. The van der Waals surface area contributed by atoms with Gasteiger partial charge in [-0.15, -0.1) is 5.10 Å². The molecule has 0 spiro atoms. The van der Waals surface area contributed by atoms with Crippen LogP contribution in [0.1, 0.15) is 39.3 Å². The summed E-state index contributed by atoms with van der Waals surface area (Å²) in [7, 11) is 1.27. The predicted molar refractivity (Wildman–Crippen MR) is 262 cm³/mol. The number of alkyl carbamates (subject to hydrolysis) is 1. The first-order valence-corrected chi connectivity index (χ1v) is 24.3. The summed E-state index contributed by atoms with van der Waals surface area (Å²) in [6, 6.07) is 54.9. The van der Waals surface area contributed by atoms with E-state index in [0.29, 0.717) is 18.4 Å². The third kappa shape index (κ3) is 12.3. The van der Waals surface area contributed by atoms with Crippen molar-refractivity contribution in [1.82, 2.24) is 25.5 Å². The van der Waals surface area contributed by atoms with Gasteiger partial charge in [0, 0.05) is 11.7 Å². The molecule has 0 unspecified atom stereocenters. The van der Waals surface area contributed by atoms with Crippen LogP contribution >= 0.6 is 11.8 Å². The number of ether oxygens (including phenoxy) is 7. The fourth-order valence-corrected chi connectivity index (χ4v) is 9.76. The van der Waals surface area contributed by atoms with Crippen molar-refractivity contribution in [3.8, 4) is 11.1 Å². The van der Waals surface area contributed by atoms with E-state index >= 15 is 0 Å². The van der Waals surface area contributed by atoms with Gasteiger partial charge in [-0.25, -0.2) is 14.3 Å². The maximum Gasteiger partial charge on any atom is 0.407 e. The lowest BCUT2D eigenvalue weighted by atomic mass is 9.93. The van der Waals surface area contributed by atoms with Crippen molar-refractivity contribution in [3.05, 3.63) is 203 Å². The van der Waals surface area contributed by atoms with Gasteiger partial charge in [-0.1, -0.05) is 182 Å². The second-order valence-corrected chi connectivity index (χ2v) is 18.0. The highest BCUT2D eigenvalue weighted by Crippen LogP contribution is 2.44. The number of amides is 1. The molecule has 70 heavy (non-hydrogen) atoms. The third-order valence-corrected chi connectivity index (χ3v) is 13.4. The van der Waals surface area contributed by atoms with Gasteiger partial charge in [-0.3, -0.25) is 0 Å². The van der Waals surface area contributed by atoms with Crippen LogP contribution in [0.4, 0.5) is 4.79 Å². The molecule has 6 atom stereocenters. The monoisotopic (exact) mass is 961 g/mol. The van der Waals surface area contributed by atoms with Crippen molar-refractivity contribution >= 4 is 23.8 Å². The Labute approximate surface area is 411 Å². The minimum Gasteiger partial charge on any atom is -0.467 e. The number of hydrogen-bond acceptors (Lipinski definition) is 13. The van der Waals surface area contributed by atoms with Crippen molar-refractivity contribution in [2.24, 2.45) is 0 Å². The molecule has 7 aromatic rings. The van der Waals surface area contributed by atoms with Crippen LogP contribution in [0.3, 0.4) is 0 Å². The molecule has 1 aliphatic heterocycles. The predicted octanol–water partition coefficient (Wildman–Crippen LogP) is 8.59. The van der Waals surface area contributed by atoms with E-state index in [1.54, 1.807) is 4.68 Å². The number of hydrogen-bond donors (Lipinski definition) is 1. The number of carbonyl (C=O) groups excluding carboxylic acids is 2. The molecular weight excluding hydrogens is 907 g/mol. The van der Waals surface area contributed by atoms with Crippen molar-refractivity contribution < 1.29 is 42.7 Å². The smallest absolute Gasteiger partial charge is 0.407 e. The lowest BCUT2D eigenvalue weighted by molar-refractivity contribution is -0.275. The number of nitrogens with one attached hydrogen (secondary N) is 1. The first kappa shape index (κ1) is 48.3. The fourth-order valence-electron chi connectivity index (χ4n) is 8.87. The van der Waals surface area contributed by atoms with Crippen LogP contribution in [-0.4, -0.2) is 94.9 Å². The molecule has 360 valence electrons. The van der Waals surface area contributed by atoms with E-state index in [0.717, 1.165) is 44.5 Å². The minimum absolute atomic E-state index is 0.0326. The molecule has 0 saturated carbocycles. The number of thioether (sulfide) groups is 1. The molecule has 6 aromatic carbocycles. The van der Waals surface area contributed by atoms with Gasteiger partial charge in [0.05, 0.1) is 46.7 Å². The summed E-state index contributed by atoms with van der Waals surface area (Å²) in [6.45, 7) is 1.59. The Balaban J connectivity index is 0.945. The molecule has 0 bridgehead atoms. The van der Waals surface area contributed by atoms with E-state index < -0.39 is 48.6 Å². The molecule has 2 heterocycles. The molecule has 1 N–H and O–H groups in total. The van der Waals surface area contributed by atoms with Gasteiger partial charge in [0.15, 0.2) is 0 Å². The molecule has 14 nitrogen and oxygen atoms in total. The van der Waals surface area contributed by atoms with Crippen molar-refractivity contribution in [3.63, 3.8) is 0 Å². The average Bonchev–Trinajstić information content (AvgIpc) is 4.00. The molecule has 15 heteroatoms. The maximum absolute atomic E-state index is 13.4. The van der Waals surface area contributed by atoms with Gasteiger partial charge < -0.3 is 38.5 Å². The number of benzene rings is 6. The molecule has 1 fully saturated rings. The Kier molecular flexibility index (Phi) is 16.7. The second-order valence-electron chi connectivity index (χ2n) is 17.0. The normalized spacial score (nSPS) is 18.9. The van der Waals surface area contributed by atoms with Crippen LogP contribution in [0, 0.1) is 0 Å². The molecule has 9 rings (SSSR count). The highest BCUT2D eigenvalue weighted by Gasteiger charge is 2.49. The van der Waals surface area contributed by atoms with Gasteiger partial charge in [0.1, 0.15) is 43.2 Å². The lowest BCUT2D eigenvalue weighted by Crippen LogP contribution is -2.62. The Morgan fingerprint density at radius 1 is 0.614 bits per heavy atom. The van der Waals surface area contributed by atoms with Crippen molar-refractivity contribution in [1.29, 1.82) is 0 Å². The standard InChI is InChI=1S/C55H55N5O9S/c1-63-53(61)47(56-55(62)68-35-46-44-28-16-14-26-42(44)43-27-15-17-29-45(43)46)37-70-54-57-58-59-60(54)30-48-50(65-32-39-20-8-3-9-21-39)52(67-34-41-24-12-5-13-25-41)51(66-33-40-22-10-4-11-23-40)49(69-48)36-64-31-38-18-6-2-7-19-38/h2-29,46-52H,30-37H2,1H3,(H,56,62)/t47-,48+,49+,50-,51-,52+/m0/s1. The first-order chi connectivity index (χ1) is 34.5. The zero-order chi connectivity index (χ0) is 47.9. The van der Waals surface area contributed by atoms with Crippen LogP contribution < -0.4 is 5.32 Å². The van der Waals surface area contributed by atoms with Gasteiger partial charge in [-0.2, -0.15) is 0 Å². The van der Waals surface area contributed by atoms with Crippen LogP contribution in [-0.2, 0) is 70.9 Å². The third-order valence-electron chi connectivity index (χ3n) is 12.3. The number of esters is 1. The quantitative estimate of drug-likeness (QED) is 0.0510. The van der Waals surface area contributed by atoms with Crippen molar-refractivity contribution in [2.45, 2.75) is 80.6 Å². The number of aromatic nitrogens is 4. The Morgan fingerprint density at radius 2 is 1.10 bits per heavy atom. The number of rotatable bonds is 22. The number of tetrazole rings is 1. The van der Waals surface area contributed by atoms with Crippen LogP contribution in [0.15, 0.2) is 175 Å². The zero-order valence-electron chi connectivity index (χ0n) is 38.7. The van der Waals surface area contributed by atoms with E-state index in [1.807, 2.05) is 158 Å². The Morgan fingerprint density at radius 3 is 1.64 bits per heavy atom. The largest absolute Gasteiger partial charge is 0.467 e. The molecular formula is C55H55N5O9S. The molecule has 1 aliphatic carbocycles. The molecule has 2 aliphatic rings. The summed E-state index contributed by atoms with van der Waals surface area (Å²) in [6.07, 6.45) is -4.05. The Bertz CT molecular complexity index is 2690. The second kappa shape index (κ2) is 24.2. The molecule has 1 saturated heterocycles. The van der Waals surface area contributed by atoms with Gasteiger partial charge in [-0.05, 0) is 54.9 Å². The topological polar surface area (TPSA) is 154 Å². The maximum atomic E-state index is 13.4. The summed E-state index contributed by atoms with van der Waals surface area (Å²) < 4.78 is 46.6. The molecule has 0 radical (unpaired) electrons. The molecule has 1 amide bonds. The van der Waals surface area contributed by atoms with E-state index in [9.17, 15) is 9.59 Å². The number of fused-ring (bicyclic) bond motifs is 3. The number of methoxy groups -OCH3 is 1. The highest BCUT2D eigenvalue weighted by atomic mass is 32.2. The lowest BCUT2D eigenvalue weighted by Gasteiger charge is -2.46.